The van der Waals surface area contributed by atoms with Crippen molar-refractivity contribution in [1.82, 2.24) is 15.5 Å². The SMILES string of the molecule is COc1cccc(C(=O)CO)c1.COc1cccc(C(C)=O)c1.COc1cccc(C(CO)=NO)c1.COc1cccc(C(CO)NC(=O)c2cccc(-c3ccc4[nH]ncc4c3)c2)c1.COc1cccc(C(N)CO)c1.Cc1ccc(-c2cccc(C(=O)O)c2)cc1C=N. The molecule has 1 aromatic heterocycles. The minimum Gasteiger partial charge on any atom is -0.497 e. The Morgan fingerprint density at radius 1 is 0.547 bits per heavy atom. The van der Waals surface area contributed by atoms with Gasteiger partial charge in [-0.3, -0.25) is 19.5 Å². The molecular weight excluding hydrogens is 1210 g/mol. The number of ether oxygens (including phenoxy) is 5. The molecule has 494 valence electrons. The third-order valence-corrected chi connectivity index (χ3v) is 14.2. The van der Waals surface area contributed by atoms with E-state index in [1.54, 1.807) is 132 Å². The van der Waals surface area contributed by atoms with E-state index in [1.807, 2.05) is 116 Å². The quantitative estimate of drug-likeness (QED) is 0.0147. The molecule has 2 unspecified atom stereocenters. The highest BCUT2D eigenvalue weighted by atomic mass is 16.5. The highest BCUT2D eigenvalue weighted by molar-refractivity contribution is 6.01. The third-order valence-electron chi connectivity index (χ3n) is 14.2. The number of Topliss-reactive ketones (excluding diaryl/α,β-unsaturated/α-hetero) is 2. The standard InChI is InChI=1S/C23H21N3O3.C15H13NO2.C9H11NO3.C9H13NO2.C9H10O3.C9H10O2/c1-29-20-7-3-5-17(12-20)22(14-27)25-23(28)18-6-2-4-15(10-18)16-8-9-21-19(11-16)13-24-26-21;1-10-5-6-12(8-14(10)9-16)11-3-2-4-13(7-11)15(17)18;1-13-8-4-2-3-7(5-8)9(6-11)10-12;1-12-8-4-2-3-7(5-8)9(10)6-11;1-12-8-4-2-3-7(5-8)9(11)6-10;1-7(10)8-4-3-5-9(6-8)11-2/h2-13,22,27H,14H2,1H3,(H,24,26)(H,25,28);2-9,16H,1H3,(H,17,18);2-5,11-12H,6H2,1H3;2-5,9,11H,6,10H2,1H3;2-5,10H,6H2,1H3;3-6H,1-2H3. The molecule has 9 aromatic carbocycles. The van der Waals surface area contributed by atoms with Crippen LogP contribution in [0.4, 0.5) is 0 Å². The molecule has 0 aliphatic carbocycles. The molecule has 0 saturated carbocycles. The molecule has 0 radical (unpaired) electrons. The fourth-order valence-electron chi connectivity index (χ4n) is 8.79. The number of aromatic carboxylic acids is 1. The molecule has 21 nitrogen and oxygen atoms in total. The number of ketones is 2. The van der Waals surface area contributed by atoms with Crippen LogP contribution in [0.1, 0.15) is 88.3 Å². The summed E-state index contributed by atoms with van der Waals surface area (Å²) in [5.74, 6) is 2.01. The zero-order chi connectivity index (χ0) is 69.2. The van der Waals surface area contributed by atoms with Crippen LogP contribution in [0, 0.1) is 12.3 Å². The summed E-state index contributed by atoms with van der Waals surface area (Å²) in [5, 5.41) is 74.6. The van der Waals surface area contributed by atoms with Crippen LogP contribution < -0.4 is 34.7 Å². The zero-order valence-electron chi connectivity index (χ0n) is 53.6. The number of rotatable bonds is 20. The van der Waals surface area contributed by atoms with Crippen molar-refractivity contribution in [1.29, 1.82) is 5.41 Å². The normalized spacial score (nSPS) is 11.0. The Morgan fingerprint density at radius 2 is 1.01 bits per heavy atom. The number of fused-ring (bicyclic) bond motifs is 1. The van der Waals surface area contributed by atoms with Crippen LogP contribution in [0.3, 0.4) is 0 Å². The van der Waals surface area contributed by atoms with Gasteiger partial charge in [-0.2, -0.15) is 5.10 Å². The van der Waals surface area contributed by atoms with Gasteiger partial charge in [0.05, 0.1) is 84.7 Å². The van der Waals surface area contributed by atoms with Crippen molar-refractivity contribution in [2.75, 3.05) is 62.0 Å². The summed E-state index contributed by atoms with van der Waals surface area (Å²) in [4.78, 5) is 45.6. The number of benzene rings is 9. The van der Waals surface area contributed by atoms with E-state index in [2.05, 4.69) is 20.7 Å². The fourth-order valence-corrected chi connectivity index (χ4v) is 8.79. The average Bonchev–Trinajstić information content (AvgIpc) is 1.86. The van der Waals surface area contributed by atoms with Crippen LogP contribution >= 0.6 is 0 Å². The lowest BCUT2D eigenvalue weighted by Crippen LogP contribution is -2.30. The maximum Gasteiger partial charge on any atom is 0.335 e. The predicted octanol–water partition coefficient (Wildman–Crippen LogP) is 11.4. The molecule has 0 aliphatic heterocycles. The molecule has 21 heteroatoms. The molecular formula is C74H78N6O15. The van der Waals surface area contributed by atoms with Crippen molar-refractivity contribution >= 4 is 46.3 Å². The fraction of sp³-hybridized carbons (Fsp3) is 0.176. The maximum absolute atomic E-state index is 12.8. The highest BCUT2D eigenvalue weighted by Crippen LogP contribution is 2.27. The average molecular weight is 1290 g/mol. The second-order valence-electron chi connectivity index (χ2n) is 20.4. The van der Waals surface area contributed by atoms with Crippen LogP contribution in [0.15, 0.2) is 218 Å². The largest absolute Gasteiger partial charge is 0.497 e. The number of nitrogens with zero attached hydrogens (tertiary/aromatic N) is 2. The Balaban J connectivity index is 0.000000216. The first-order valence-corrected chi connectivity index (χ1v) is 29.3. The van der Waals surface area contributed by atoms with E-state index < -0.39 is 18.6 Å². The van der Waals surface area contributed by atoms with Crippen molar-refractivity contribution in [2.24, 2.45) is 10.9 Å². The van der Waals surface area contributed by atoms with Gasteiger partial charge < -0.3 is 70.9 Å². The van der Waals surface area contributed by atoms with Gasteiger partial charge in [-0.25, -0.2) is 4.79 Å². The van der Waals surface area contributed by atoms with Gasteiger partial charge in [-0.05, 0) is 161 Å². The van der Waals surface area contributed by atoms with Gasteiger partial charge in [0.15, 0.2) is 11.6 Å². The molecule has 10 aromatic rings. The van der Waals surface area contributed by atoms with Gasteiger partial charge in [0, 0.05) is 33.9 Å². The number of hydrogen-bond donors (Lipinski definition) is 10. The number of aromatic amines is 1. The number of amides is 1. The van der Waals surface area contributed by atoms with E-state index in [0.29, 0.717) is 39.5 Å². The number of carboxylic acid groups (broad SMARTS) is 1. The second kappa shape index (κ2) is 39.2. The first kappa shape index (κ1) is 74.4. The number of carbonyl (C=O) groups excluding carboxylic acids is 3. The molecule has 10 rings (SSSR count). The van der Waals surface area contributed by atoms with E-state index >= 15 is 0 Å². The molecule has 0 fully saturated rings. The summed E-state index contributed by atoms with van der Waals surface area (Å²) in [6.45, 7) is 2.45. The van der Waals surface area contributed by atoms with Crippen molar-refractivity contribution in [3.63, 3.8) is 0 Å². The number of aryl methyl sites for hydroxylation is 1. The van der Waals surface area contributed by atoms with Crippen molar-refractivity contribution in [2.45, 2.75) is 25.9 Å². The highest BCUT2D eigenvalue weighted by Gasteiger charge is 2.17. The first-order valence-electron chi connectivity index (χ1n) is 29.3. The summed E-state index contributed by atoms with van der Waals surface area (Å²) < 4.78 is 25.1. The zero-order valence-corrected chi connectivity index (χ0v) is 53.6. The van der Waals surface area contributed by atoms with Crippen LogP contribution in [0.5, 0.6) is 28.7 Å². The number of oxime groups is 1. The minimum absolute atomic E-state index is 0.0484. The lowest BCUT2D eigenvalue weighted by Gasteiger charge is -2.18. The topological polar surface area (TPSA) is 339 Å². The van der Waals surface area contributed by atoms with Crippen molar-refractivity contribution in [3.8, 4) is 51.0 Å². The number of hydrogen-bond acceptors (Lipinski definition) is 18. The molecule has 11 N–H and O–H groups in total. The first-order chi connectivity index (χ1) is 45.9. The molecule has 1 heterocycles. The number of aliphatic hydroxyl groups excluding tert-OH is 4. The summed E-state index contributed by atoms with van der Waals surface area (Å²) in [6, 6.07) is 60.5. The Hall–Kier alpha value is -11.3. The molecule has 0 spiro atoms. The molecule has 95 heavy (non-hydrogen) atoms. The smallest absolute Gasteiger partial charge is 0.335 e. The number of H-pyrrole nitrogens is 1. The number of nitrogens with one attached hydrogen (secondary N) is 3. The molecule has 0 bridgehead atoms. The van der Waals surface area contributed by atoms with Gasteiger partial charge >= 0.3 is 5.97 Å². The van der Waals surface area contributed by atoms with E-state index in [4.69, 9.17) is 60.5 Å². The maximum atomic E-state index is 12.8. The second-order valence-corrected chi connectivity index (χ2v) is 20.4. The predicted molar refractivity (Wildman–Crippen MR) is 366 cm³/mol. The van der Waals surface area contributed by atoms with Gasteiger partial charge in [0.1, 0.15) is 41.1 Å². The van der Waals surface area contributed by atoms with Crippen LogP contribution in [0.25, 0.3) is 33.2 Å². The van der Waals surface area contributed by atoms with Crippen LogP contribution in [-0.2, 0) is 0 Å². The van der Waals surface area contributed by atoms with E-state index in [-0.39, 0.29) is 54.6 Å². The van der Waals surface area contributed by atoms with E-state index in [9.17, 15) is 24.3 Å². The summed E-state index contributed by atoms with van der Waals surface area (Å²) in [5.41, 5.74) is 16.6. The lowest BCUT2D eigenvalue weighted by atomic mass is 9.99. The Labute approximate surface area is 550 Å². The molecule has 1 amide bonds. The van der Waals surface area contributed by atoms with E-state index in [0.717, 1.165) is 66.9 Å². The molecule has 2 atom stereocenters. The van der Waals surface area contributed by atoms with E-state index in [1.165, 1.54) is 20.2 Å². The van der Waals surface area contributed by atoms with Gasteiger partial charge in [0.2, 0.25) is 0 Å². The number of carbonyl (C=O) groups is 4. The number of carboxylic acids is 1. The van der Waals surface area contributed by atoms with Crippen molar-refractivity contribution in [3.05, 3.63) is 263 Å². The monoisotopic (exact) mass is 1290 g/mol. The van der Waals surface area contributed by atoms with Gasteiger partial charge in [-0.1, -0.05) is 108 Å². The Morgan fingerprint density at radius 3 is 1.54 bits per heavy atom. The van der Waals surface area contributed by atoms with Crippen molar-refractivity contribution < 1.29 is 73.6 Å². The summed E-state index contributed by atoms with van der Waals surface area (Å²) in [7, 11) is 7.84. The number of nitrogens with two attached hydrogens (primary N) is 1. The lowest BCUT2D eigenvalue weighted by molar-refractivity contribution is 0.0696. The Bertz CT molecular complexity index is 4150. The number of aliphatic hydroxyl groups is 4. The van der Waals surface area contributed by atoms with Gasteiger partial charge in [-0.15, -0.1) is 0 Å². The van der Waals surface area contributed by atoms with Crippen LogP contribution in [0.2, 0.25) is 0 Å². The number of methoxy groups -OCH3 is 5. The minimum atomic E-state index is -0.934. The molecule has 0 aliphatic rings. The van der Waals surface area contributed by atoms with Crippen LogP contribution in [-0.4, -0.2) is 138 Å². The Kier molecular flexibility index (Phi) is 30.7. The molecule has 0 saturated heterocycles. The van der Waals surface area contributed by atoms with Gasteiger partial charge in [0.25, 0.3) is 5.91 Å². The third kappa shape index (κ3) is 23.1. The summed E-state index contributed by atoms with van der Waals surface area (Å²) >= 11 is 0. The summed E-state index contributed by atoms with van der Waals surface area (Å²) in [6.07, 6.45) is 3.08. The number of aromatic nitrogens is 2.